The normalized spacial score (nSPS) is 21.2. The summed E-state index contributed by atoms with van der Waals surface area (Å²) in [7, 11) is 0. The van der Waals surface area contributed by atoms with E-state index in [1.807, 2.05) is 23.7 Å². The summed E-state index contributed by atoms with van der Waals surface area (Å²) < 4.78 is 0. The largest absolute Gasteiger partial charge is 0.332 e. The summed E-state index contributed by atoms with van der Waals surface area (Å²) in [6, 6.07) is 4.37. The molecule has 2 aliphatic rings. The number of amides is 1. The van der Waals surface area contributed by atoms with Gasteiger partial charge in [0.1, 0.15) is 5.01 Å². The lowest BCUT2D eigenvalue weighted by Crippen LogP contribution is -2.39. The van der Waals surface area contributed by atoms with E-state index in [0.29, 0.717) is 24.4 Å². The highest BCUT2D eigenvalue weighted by Gasteiger charge is 2.57. The number of aromatic nitrogens is 2. The number of aryl methyl sites for hydroxylation is 1. The lowest BCUT2D eigenvalue weighted by Gasteiger charge is -2.29. The molecule has 2 aromatic heterocycles. The molecule has 2 aromatic rings. The van der Waals surface area contributed by atoms with Crippen LogP contribution in [0.2, 0.25) is 0 Å². The van der Waals surface area contributed by atoms with Crippen LogP contribution in [0.4, 0.5) is 0 Å². The third-order valence-corrected chi connectivity index (χ3v) is 6.37. The second kappa shape index (κ2) is 7.22. The van der Waals surface area contributed by atoms with Crippen LogP contribution in [0.15, 0.2) is 36.1 Å². The Labute approximate surface area is 152 Å². The molecule has 4 rings (SSSR count). The maximum Gasteiger partial charge on any atom is 0.223 e. The Hall–Kier alpha value is -1.79. The van der Waals surface area contributed by atoms with Gasteiger partial charge in [-0.3, -0.25) is 9.78 Å². The van der Waals surface area contributed by atoms with Crippen molar-refractivity contribution in [3.63, 3.8) is 0 Å². The van der Waals surface area contributed by atoms with Gasteiger partial charge in [-0.2, -0.15) is 0 Å². The van der Waals surface area contributed by atoms with E-state index < -0.39 is 0 Å². The van der Waals surface area contributed by atoms with E-state index in [1.165, 1.54) is 18.4 Å². The smallest absolute Gasteiger partial charge is 0.223 e. The van der Waals surface area contributed by atoms with Gasteiger partial charge in [-0.05, 0) is 61.9 Å². The molecule has 1 spiro atoms. The summed E-state index contributed by atoms with van der Waals surface area (Å²) in [6.45, 7) is 2.81. The van der Waals surface area contributed by atoms with Crippen molar-refractivity contribution in [2.45, 2.75) is 44.7 Å². The van der Waals surface area contributed by atoms with E-state index in [-0.39, 0.29) is 5.91 Å². The molecule has 132 valence electrons. The molecule has 1 amide bonds. The van der Waals surface area contributed by atoms with Gasteiger partial charge in [-0.15, -0.1) is 11.3 Å². The van der Waals surface area contributed by atoms with Crippen molar-refractivity contribution in [1.29, 1.82) is 0 Å². The molecule has 3 heterocycles. The Balaban J connectivity index is 1.44. The molecule has 1 aliphatic carbocycles. The predicted molar refractivity (Wildman–Crippen MR) is 98.2 cm³/mol. The summed E-state index contributed by atoms with van der Waals surface area (Å²) in [4.78, 5) is 23.6. The zero-order chi connectivity index (χ0) is 17.1. The first-order valence-electron chi connectivity index (χ1n) is 9.04. The lowest BCUT2D eigenvalue weighted by molar-refractivity contribution is -0.133. The Kier molecular flexibility index (Phi) is 4.81. The van der Waals surface area contributed by atoms with E-state index in [9.17, 15) is 4.79 Å². The molecule has 5 nitrogen and oxygen atoms in total. The molecule has 1 aliphatic heterocycles. The van der Waals surface area contributed by atoms with Crippen LogP contribution in [0.5, 0.6) is 0 Å². The molecule has 0 aromatic carbocycles. The first-order chi connectivity index (χ1) is 12.3. The number of nitrogens with zero attached hydrogens (tertiary/aromatic N) is 3. The molecular weight excluding hydrogens is 332 g/mol. The fraction of sp³-hybridized carbons (Fsp3) is 0.526. The summed E-state index contributed by atoms with van der Waals surface area (Å²) in [5.41, 5.74) is 1.53. The third kappa shape index (κ3) is 3.75. The minimum Gasteiger partial charge on any atom is -0.332 e. The van der Waals surface area contributed by atoms with Gasteiger partial charge in [-0.1, -0.05) is 0 Å². The monoisotopic (exact) mass is 356 g/mol. The second-order valence-corrected chi connectivity index (χ2v) is 8.11. The molecule has 1 unspecified atom stereocenters. The zero-order valence-corrected chi connectivity index (χ0v) is 15.2. The van der Waals surface area contributed by atoms with Crippen LogP contribution < -0.4 is 5.32 Å². The Morgan fingerprint density at radius 1 is 1.28 bits per heavy atom. The van der Waals surface area contributed by atoms with E-state index >= 15 is 0 Å². The Morgan fingerprint density at radius 3 is 2.80 bits per heavy atom. The molecule has 1 atom stereocenters. The summed E-state index contributed by atoms with van der Waals surface area (Å²) in [5.74, 6) is 0.257. The first kappa shape index (κ1) is 16.7. The number of pyridine rings is 1. The van der Waals surface area contributed by atoms with E-state index in [4.69, 9.17) is 0 Å². The summed E-state index contributed by atoms with van der Waals surface area (Å²) in [6.07, 6.45) is 10.3. The molecule has 0 radical (unpaired) electrons. The van der Waals surface area contributed by atoms with Crippen molar-refractivity contribution in [1.82, 2.24) is 20.2 Å². The Morgan fingerprint density at radius 2 is 2.08 bits per heavy atom. The van der Waals surface area contributed by atoms with Gasteiger partial charge in [-0.25, -0.2) is 4.98 Å². The molecule has 0 bridgehead atoms. The fourth-order valence-electron chi connectivity index (χ4n) is 4.02. The lowest BCUT2D eigenvalue weighted by atomic mass is 9.93. The maximum atomic E-state index is 13.0. The number of hydrogen-bond donors (Lipinski definition) is 1. The topological polar surface area (TPSA) is 58.1 Å². The molecule has 6 heteroatoms. The minimum absolute atomic E-state index is 0.257. The van der Waals surface area contributed by atoms with Crippen molar-refractivity contribution in [3.05, 3.63) is 46.7 Å². The van der Waals surface area contributed by atoms with Crippen LogP contribution in [-0.4, -0.2) is 39.9 Å². The Bertz CT molecular complexity index is 697. The van der Waals surface area contributed by atoms with Gasteiger partial charge in [0.2, 0.25) is 5.91 Å². The van der Waals surface area contributed by atoms with Crippen LogP contribution >= 0.6 is 11.3 Å². The molecule has 1 saturated heterocycles. The average molecular weight is 356 g/mol. The molecule has 1 N–H and O–H groups in total. The van der Waals surface area contributed by atoms with Gasteiger partial charge >= 0.3 is 0 Å². The van der Waals surface area contributed by atoms with Crippen molar-refractivity contribution >= 4 is 17.2 Å². The first-order valence-corrected chi connectivity index (χ1v) is 9.92. The number of piperidine rings is 1. The average Bonchev–Trinajstić information content (AvgIpc) is 3.08. The number of carbonyl (C=O) groups excluding carboxylic acids is 1. The quantitative estimate of drug-likeness (QED) is 0.864. The molecule has 1 saturated carbocycles. The number of carbonyl (C=O) groups is 1. The van der Waals surface area contributed by atoms with E-state index in [0.717, 1.165) is 30.9 Å². The third-order valence-electron chi connectivity index (χ3n) is 5.61. The van der Waals surface area contributed by atoms with Crippen molar-refractivity contribution in [3.8, 4) is 0 Å². The van der Waals surface area contributed by atoms with Crippen molar-refractivity contribution in [2.75, 3.05) is 13.1 Å². The fourth-order valence-corrected chi connectivity index (χ4v) is 4.64. The van der Waals surface area contributed by atoms with Gasteiger partial charge < -0.3 is 10.2 Å². The summed E-state index contributed by atoms with van der Waals surface area (Å²) >= 11 is 1.64. The van der Waals surface area contributed by atoms with Crippen LogP contribution in [0.3, 0.4) is 0 Å². The van der Waals surface area contributed by atoms with Crippen molar-refractivity contribution in [2.24, 2.45) is 5.41 Å². The number of thiazole rings is 1. The van der Waals surface area contributed by atoms with Gasteiger partial charge in [0, 0.05) is 36.4 Å². The highest BCUT2D eigenvalue weighted by atomic mass is 32.1. The second-order valence-electron chi connectivity index (χ2n) is 7.14. The van der Waals surface area contributed by atoms with Gasteiger partial charge in [0.25, 0.3) is 0 Å². The van der Waals surface area contributed by atoms with Gasteiger partial charge in [0.05, 0.1) is 6.54 Å². The van der Waals surface area contributed by atoms with Gasteiger partial charge in [0.15, 0.2) is 0 Å². The van der Waals surface area contributed by atoms with Crippen LogP contribution in [0.25, 0.3) is 0 Å². The summed E-state index contributed by atoms with van der Waals surface area (Å²) in [5, 5.41) is 6.47. The standard InChI is InChI=1S/C19H24N4OS/c24-18(2-1-15-3-7-20-8-4-15)23(14-17-22-11-12-25-17)16-13-19(16)5-9-21-10-6-19/h3-4,7-8,11-12,16,21H,1-2,5-6,9-10,13-14H2. The number of rotatable bonds is 6. The molecule has 2 fully saturated rings. The van der Waals surface area contributed by atoms with Crippen LogP contribution in [0, 0.1) is 5.41 Å². The highest BCUT2D eigenvalue weighted by Crippen LogP contribution is 2.56. The maximum absolute atomic E-state index is 13.0. The minimum atomic E-state index is 0.257. The van der Waals surface area contributed by atoms with E-state index in [1.54, 1.807) is 23.7 Å². The molecular formula is C19H24N4OS. The molecule has 25 heavy (non-hydrogen) atoms. The van der Waals surface area contributed by atoms with Crippen LogP contribution in [0.1, 0.15) is 36.3 Å². The predicted octanol–water partition coefficient (Wildman–Crippen LogP) is 2.64. The van der Waals surface area contributed by atoms with Crippen LogP contribution in [-0.2, 0) is 17.8 Å². The van der Waals surface area contributed by atoms with Crippen molar-refractivity contribution < 1.29 is 4.79 Å². The SMILES string of the molecule is O=C(CCc1ccncc1)N(Cc1nccs1)C1CC12CCNCC2. The number of nitrogens with one attached hydrogen (secondary N) is 1. The zero-order valence-electron chi connectivity index (χ0n) is 14.4. The highest BCUT2D eigenvalue weighted by molar-refractivity contribution is 7.09. The van der Waals surface area contributed by atoms with E-state index in [2.05, 4.69) is 20.2 Å². The number of hydrogen-bond acceptors (Lipinski definition) is 5.